The molecule has 0 aliphatic carbocycles. The monoisotopic (exact) mass is 233 g/mol. The first-order chi connectivity index (χ1) is 7.92. The molecule has 2 aromatic rings. The summed E-state index contributed by atoms with van der Waals surface area (Å²) in [5.41, 5.74) is 2.24. The van der Waals surface area contributed by atoms with Crippen molar-refractivity contribution in [1.29, 1.82) is 0 Å². The van der Waals surface area contributed by atoms with Gasteiger partial charge in [0.2, 0.25) is 0 Å². The molecule has 1 aromatic carbocycles. The van der Waals surface area contributed by atoms with Gasteiger partial charge in [-0.15, -0.1) is 0 Å². The van der Waals surface area contributed by atoms with E-state index in [-0.39, 0.29) is 6.04 Å². The summed E-state index contributed by atoms with van der Waals surface area (Å²) < 4.78 is 8.38. The average Bonchev–Trinajstić information content (AvgIpc) is 2.85. The van der Waals surface area contributed by atoms with E-state index in [4.69, 9.17) is 0 Å². The molecule has 0 amide bonds. The van der Waals surface area contributed by atoms with E-state index < -0.39 is 0 Å². The number of benzene rings is 1. The van der Waals surface area contributed by atoms with Gasteiger partial charge in [-0.2, -0.15) is 8.75 Å². The van der Waals surface area contributed by atoms with Crippen LogP contribution in [-0.4, -0.2) is 15.3 Å². The Kier molecular flexibility index (Phi) is 4.02. The fourth-order valence-corrected chi connectivity index (χ4v) is 2.08. The van der Waals surface area contributed by atoms with Gasteiger partial charge in [0.05, 0.1) is 29.7 Å². The van der Waals surface area contributed by atoms with Gasteiger partial charge in [0.1, 0.15) is 0 Å². The summed E-state index contributed by atoms with van der Waals surface area (Å²) >= 11 is 1.26. The number of hydrogen-bond acceptors (Lipinski definition) is 4. The van der Waals surface area contributed by atoms with Gasteiger partial charge in [-0.1, -0.05) is 37.3 Å². The molecule has 1 atom stereocenters. The van der Waals surface area contributed by atoms with Crippen LogP contribution in [-0.2, 0) is 0 Å². The Bertz CT molecular complexity index is 399. The minimum Gasteiger partial charge on any atom is -0.305 e. The van der Waals surface area contributed by atoms with Crippen molar-refractivity contribution in [3.05, 3.63) is 47.8 Å². The molecule has 4 heteroatoms. The highest BCUT2D eigenvalue weighted by Crippen LogP contribution is 2.20. The minimum absolute atomic E-state index is 0.167. The zero-order valence-electron chi connectivity index (χ0n) is 9.26. The van der Waals surface area contributed by atoms with Crippen molar-refractivity contribution in [2.24, 2.45) is 0 Å². The van der Waals surface area contributed by atoms with Crippen molar-refractivity contribution in [2.75, 3.05) is 6.54 Å². The summed E-state index contributed by atoms with van der Waals surface area (Å²) in [4.78, 5) is 0. The maximum absolute atomic E-state index is 4.31. The first-order valence-corrected chi connectivity index (χ1v) is 6.20. The van der Waals surface area contributed by atoms with Crippen molar-refractivity contribution in [3.63, 3.8) is 0 Å². The van der Waals surface area contributed by atoms with Gasteiger partial charge in [0, 0.05) is 0 Å². The van der Waals surface area contributed by atoms with E-state index in [1.54, 1.807) is 0 Å². The van der Waals surface area contributed by atoms with E-state index >= 15 is 0 Å². The summed E-state index contributed by atoms with van der Waals surface area (Å²) in [6.07, 6.45) is 2.95. The predicted molar refractivity (Wildman–Crippen MR) is 66.5 cm³/mol. The van der Waals surface area contributed by atoms with E-state index in [2.05, 4.69) is 45.3 Å². The molecule has 2 rings (SSSR count). The smallest absolute Gasteiger partial charge is 0.0957 e. The number of hydrogen-bond donors (Lipinski definition) is 1. The van der Waals surface area contributed by atoms with Crippen molar-refractivity contribution < 1.29 is 0 Å². The Hall–Kier alpha value is -1.26. The SMILES string of the molecule is CCCNC(c1ccccc1)c1cnsn1. The summed E-state index contributed by atoms with van der Waals surface area (Å²) in [7, 11) is 0. The lowest BCUT2D eigenvalue weighted by Crippen LogP contribution is -2.23. The normalized spacial score (nSPS) is 12.6. The zero-order chi connectivity index (χ0) is 11.2. The Balaban J connectivity index is 2.21. The quantitative estimate of drug-likeness (QED) is 0.862. The Morgan fingerprint density at radius 3 is 2.75 bits per heavy atom. The predicted octanol–water partition coefficient (Wildman–Crippen LogP) is 2.63. The largest absolute Gasteiger partial charge is 0.305 e. The zero-order valence-corrected chi connectivity index (χ0v) is 10.1. The van der Waals surface area contributed by atoms with Crippen LogP contribution in [0.15, 0.2) is 36.5 Å². The second kappa shape index (κ2) is 5.72. The Labute approximate surface area is 99.9 Å². The molecule has 84 valence electrons. The summed E-state index contributed by atoms with van der Waals surface area (Å²) in [5, 5.41) is 3.49. The van der Waals surface area contributed by atoms with Crippen molar-refractivity contribution in [2.45, 2.75) is 19.4 Å². The van der Waals surface area contributed by atoms with Crippen LogP contribution in [0.3, 0.4) is 0 Å². The van der Waals surface area contributed by atoms with Crippen LogP contribution in [0.4, 0.5) is 0 Å². The number of nitrogens with zero attached hydrogens (tertiary/aromatic N) is 2. The molecule has 0 bridgehead atoms. The molecule has 1 heterocycles. The van der Waals surface area contributed by atoms with Gasteiger partial charge in [0.25, 0.3) is 0 Å². The van der Waals surface area contributed by atoms with Gasteiger partial charge >= 0.3 is 0 Å². The highest BCUT2D eigenvalue weighted by molar-refractivity contribution is 6.99. The van der Waals surface area contributed by atoms with E-state index in [0.29, 0.717) is 0 Å². The van der Waals surface area contributed by atoms with Gasteiger partial charge in [-0.25, -0.2) is 0 Å². The molecule has 1 unspecified atom stereocenters. The molecule has 3 nitrogen and oxygen atoms in total. The first kappa shape index (κ1) is 11.2. The fourth-order valence-electron chi connectivity index (χ4n) is 1.63. The molecular weight excluding hydrogens is 218 g/mol. The molecule has 0 aliphatic heterocycles. The molecule has 0 radical (unpaired) electrons. The maximum Gasteiger partial charge on any atom is 0.0957 e. The second-order valence-corrected chi connectivity index (χ2v) is 4.19. The first-order valence-electron chi connectivity index (χ1n) is 5.47. The lowest BCUT2D eigenvalue weighted by atomic mass is 10.0. The van der Waals surface area contributed by atoms with Crippen LogP contribution in [0, 0.1) is 0 Å². The molecule has 1 N–H and O–H groups in total. The van der Waals surface area contributed by atoms with Crippen LogP contribution >= 0.6 is 11.7 Å². The van der Waals surface area contributed by atoms with Gasteiger partial charge in [-0.3, -0.25) is 0 Å². The maximum atomic E-state index is 4.31. The highest BCUT2D eigenvalue weighted by Gasteiger charge is 2.14. The lowest BCUT2D eigenvalue weighted by Gasteiger charge is -2.16. The Morgan fingerprint density at radius 2 is 2.12 bits per heavy atom. The van der Waals surface area contributed by atoms with Crippen LogP contribution < -0.4 is 5.32 Å². The van der Waals surface area contributed by atoms with Gasteiger partial charge in [0.15, 0.2) is 0 Å². The molecular formula is C12H15N3S. The van der Waals surface area contributed by atoms with Gasteiger partial charge < -0.3 is 5.32 Å². The van der Waals surface area contributed by atoms with Crippen LogP contribution in [0.25, 0.3) is 0 Å². The van der Waals surface area contributed by atoms with Crippen LogP contribution in [0.1, 0.15) is 30.6 Å². The lowest BCUT2D eigenvalue weighted by molar-refractivity contribution is 0.590. The van der Waals surface area contributed by atoms with E-state index in [1.807, 2.05) is 12.3 Å². The number of aromatic nitrogens is 2. The molecule has 1 aromatic heterocycles. The third kappa shape index (κ3) is 2.65. The van der Waals surface area contributed by atoms with Gasteiger partial charge in [-0.05, 0) is 18.5 Å². The highest BCUT2D eigenvalue weighted by atomic mass is 32.1. The molecule has 0 aliphatic rings. The van der Waals surface area contributed by atoms with E-state index in [0.717, 1.165) is 18.7 Å². The van der Waals surface area contributed by atoms with Crippen molar-refractivity contribution in [1.82, 2.24) is 14.1 Å². The van der Waals surface area contributed by atoms with Crippen LogP contribution in [0.2, 0.25) is 0 Å². The molecule has 0 saturated heterocycles. The molecule has 0 saturated carbocycles. The summed E-state index contributed by atoms with van der Waals surface area (Å²) in [6, 6.07) is 10.5. The van der Waals surface area contributed by atoms with Crippen LogP contribution in [0.5, 0.6) is 0 Å². The van der Waals surface area contributed by atoms with Crippen molar-refractivity contribution in [3.8, 4) is 0 Å². The van der Waals surface area contributed by atoms with E-state index in [9.17, 15) is 0 Å². The average molecular weight is 233 g/mol. The second-order valence-electron chi connectivity index (χ2n) is 3.63. The molecule has 0 spiro atoms. The fraction of sp³-hybridized carbons (Fsp3) is 0.333. The van der Waals surface area contributed by atoms with Crippen molar-refractivity contribution >= 4 is 11.7 Å². The molecule has 16 heavy (non-hydrogen) atoms. The topological polar surface area (TPSA) is 37.8 Å². The molecule has 0 fully saturated rings. The number of rotatable bonds is 5. The Morgan fingerprint density at radius 1 is 1.31 bits per heavy atom. The third-order valence-corrected chi connectivity index (χ3v) is 2.90. The summed E-state index contributed by atoms with van der Waals surface area (Å²) in [6.45, 7) is 3.14. The number of nitrogens with one attached hydrogen (secondary N) is 1. The minimum atomic E-state index is 0.167. The summed E-state index contributed by atoms with van der Waals surface area (Å²) in [5.74, 6) is 0. The third-order valence-electron chi connectivity index (χ3n) is 2.41. The van der Waals surface area contributed by atoms with E-state index in [1.165, 1.54) is 17.3 Å². The standard InChI is InChI=1S/C12H15N3S/c1-2-8-13-12(11-9-14-16-15-11)10-6-4-3-5-7-10/h3-7,9,12-13H,2,8H2,1H3.